The Morgan fingerprint density at radius 3 is 2.25 bits per heavy atom. The van der Waals surface area contributed by atoms with Gasteiger partial charge >= 0.3 is 0 Å². The zero-order valence-electron chi connectivity index (χ0n) is 13.9. The Labute approximate surface area is 153 Å². The molecular weight excluding hydrogens is 343 g/mol. The number of amides is 1. The Morgan fingerprint density at radius 2 is 1.67 bits per heavy atom. The van der Waals surface area contributed by atoms with E-state index in [1.54, 1.807) is 18.2 Å². The third-order valence-corrected chi connectivity index (χ3v) is 4.69. The molecule has 2 aromatic carbocycles. The number of halogens is 2. The van der Waals surface area contributed by atoms with Gasteiger partial charge in [0.2, 0.25) is 5.91 Å². The van der Waals surface area contributed by atoms with Crippen LogP contribution in [0.25, 0.3) is 0 Å². The summed E-state index contributed by atoms with van der Waals surface area (Å²) in [5.74, 6) is -0.0788. The van der Waals surface area contributed by atoms with Crippen LogP contribution in [0.15, 0.2) is 48.5 Å². The van der Waals surface area contributed by atoms with Crippen molar-refractivity contribution in [2.45, 2.75) is 18.9 Å². The van der Waals surface area contributed by atoms with Gasteiger partial charge in [-0.1, -0.05) is 59.6 Å². The first-order chi connectivity index (χ1) is 11.5. The number of nitrogens with one attached hydrogen (secondary N) is 1. The van der Waals surface area contributed by atoms with E-state index >= 15 is 0 Å². The van der Waals surface area contributed by atoms with Crippen LogP contribution in [0.3, 0.4) is 0 Å². The van der Waals surface area contributed by atoms with E-state index in [9.17, 15) is 4.79 Å². The Hall–Kier alpha value is -1.55. The third-order valence-electron chi connectivity index (χ3n) is 3.98. The maximum absolute atomic E-state index is 12.2. The summed E-state index contributed by atoms with van der Waals surface area (Å²) in [7, 11) is 4.04. The molecule has 1 unspecified atom stereocenters. The monoisotopic (exact) mass is 364 g/mol. The number of hydrogen-bond acceptors (Lipinski definition) is 2. The number of carbonyl (C=O) groups is 1. The highest BCUT2D eigenvalue weighted by atomic mass is 35.5. The zero-order chi connectivity index (χ0) is 17.5. The molecule has 0 saturated heterocycles. The fourth-order valence-electron chi connectivity index (χ4n) is 2.48. The highest BCUT2D eigenvalue weighted by Gasteiger charge is 2.15. The Bertz CT molecular complexity index is 654. The summed E-state index contributed by atoms with van der Waals surface area (Å²) >= 11 is 12.2. The summed E-state index contributed by atoms with van der Waals surface area (Å²) < 4.78 is 0. The van der Waals surface area contributed by atoms with E-state index in [2.05, 4.69) is 22.3 Å². The zero-order valence-corrected chi connectivity index (χ0v) is 15.4. The van der Waals surface area contributed by atoms with E-state index in [-0.39, 0.29) is 18.4 Å². The topological polar surface area (TPSA) is 32.3 Å². The molecule has 0 spiro atoms. The van der Waals surface area contributed by atoms with Crippen LogP contribution in [-0.4, -0.2) is 37.5 Å². The number of hydrogen-bond donors (Lipinski definition) is 1. The van der Waals surface area contributed by atoms with Gasteiger partial charge in [0.05, 0.1) is 6.42 Å². The van der Waals surface area contributed by atoms with Crippen molar-refractivity contribution in [1.29, 1.82) is 0 Å². The lowest BCUT2D eigenvalue weighted by molar-refractivity contribution is -0.120. The first-order valence-corrected chi connectivity index (χ1v) is 8.63. The first-order valence-electron chi connectivity index (χ1n) is 7.87. The van der Waals surface area contributed by atoms with E-state index < -0.39 is 0 Å². The normalized spacial score (nSPS) is 12.2. The summed E-state index contributed by atoms with van der Waals surface area (Å²) in [5.41, 5.74) is 1.92. The minimum atomic E-state index is -0.0788. The molecule has 1 atom stereocenters. The predicted octanol–water partition coefficient (Wildman–Crippen LogP) is 3.83. The van der Waals surface area contributed by atoms with E-state index in [4.69, 9.17) is 23.2 Å². The van der Waals surface area contributed by atoms with Crippen molar-refractivity contribution in [3.8, 4) is 0 Å². The van der Waals surface area contributed by atoms with Gasteiger partial charge in [-0.15, -0.1) is 0 Å². The second-order valence-electron chi connectivity index (χ2n) is 5.99. The predicted molar refractivity (Wildman–Crippen MR) is 101 cm³/mol. The number of likely N-dealkylation sites (N-methyl/N-ethyl adjacent to an activating group) is 1. The number of rotatable bonds is 7. The van der Waals surface area contributed by atoms with Crippen molar-refractivity contribution in [2.75, 3.05) is 20.6 Å². The molecule has 0 aliphatic rings. The first kappa shape index (κ1) is 18.8. The van der Waals surface area contributed by atoms with Crippen LogP contribution in [0.5, 0.6) is 0 Å². The van der Waals surface area contributed by atoms with Gasteiger partial charge in [-0.05, 0) is 43.8 Å². The van der Waals surface area contributed by atoms with Crippen LogP contribution in [0.1, 0.15) is 11.1 Å². The molecule has 5 heteroatoms. The average molecular weight is 365 g/mol. The van der Waals surface area contributed by atoms with E-state index in [0.29, 0.717) is 22.2 Å². The molecule has 3 nitrogen and oxygen atoms in total. The summed E-state index contributed by atoms with van der Waals surface area (Å²) in [6, 6.07) is 15.7. The van der Waals surface area contributed by atoms with Crippen molar-refractivity contribution in [3.05, 3.63) is 69.7 Å². The van der Waals surface area contributed by atoms with Crippen molar-refractivity contribution in [3.63, 3.8) is 0 Å². The van der Waals surface area contributed by atoms with Crippen molar-refractivity contribution >= 4 is 29.1 Å². The maximum Gasteiger partial charge on any atom is 0.224 e. The van der Waals surface area contributed by atoms with Gasteiger partial charge in [0.1, 0.15) is 0 Å². The molecule has 2 rings (SSSR count). The molecule has 0 aliphatic heterocycles. The number of benzene rings is 2. The quantitative estimate of drug-likeness (QED) is 0.809. The van der Waals surface area contributed by atoms with E-state index in [1.165, 1.54) is 5.56 Å². The fraction of sp³-hybridized carbons (Fsp3) is 0.316. The van der Waals surface area contributed by atoms with Crippen molar-refractivity contribution in [2.24, 2.45) is 0 Å². The molecule has 0 heterocycles. The standard InChI is InChI=1S/C19H22Cl2N2O/c1-23(2)15(11-14-7-4-3-5-8-14)13-22-19(24)12-16-17(20)9-6-10-18(16)21/h3-10,15H,11-13H2,1-2H3,(H,22,24). The molecule has 0 radical (unpaired) electrons. The van der Waals surface area contributed by atoms with Crippen molar-refractivity contribution < 1.29 is 4.79 Å². The van der Waals surface area contributed by atoms with Gasteiger partial charge in [-0.2, -0.15) is 0 Å². The molecule has 0 aliphatic carbocycles. The summed E-state index contributed by atoms with van der Waals surface area (Å²) in [4.78, 5) is 14.4. The molecule has 0 bridgehead atoms. The Morgan fingerprint density at radius 1 is 1.04 bits per heavy atom. The highest BCUT2D eigenvalue weighted by molar-refractivity contribution is 6.36. The molecule has 1 N–H and O–H groups in total. The van der Waals surface area contributed by atoms with Gasteiger partial charge < -0.3 is 10.2 Å². The molecule has 128 valence electrons. The lowest BCUT2D eigenvalue weighted by atomic mass is 10.0. The number of carbonyl (C=O) groups excluding carboxylic acids is 1. The smallest absolute Gasteiger partial charge is 0.224 e. The van der Waals surface area contributed by atoms with Gasteiger partial charge in [0.15, 0.2) is 0 Å². The maximum atomic E-state index is 12.2. The van der Waals surface area contributed by atoms with Crippen LogP contribution < -0.4 is 5.32 Å². The average Bonchev–Trinajstić information content (AvgIpc) is 2.55. The minimum Gasteiger partial charge on any atom is -0.354 e. The summed E-state index contributed by atoms with van der Waals surface area (Å²) in [6.45, 7) is 0.572. The van der Waals surface area contributed by atoms with Gasteiger partial charge in [-0.25, -0.2) is 0 Å². The lowest BCUT2D eigenvalue weighted by Crippen LogP contribution is -2.42. The third kappa shape index (κ3) is 5.52. The second-order valence-corrected chi connectivity index (χ2v) is 6.80. The summed E-state index contributed by atoms with van der Waals surface area (Å²) in [6.07, 6.45) is 1.06. The van der Waals surface area contributed by atoms with E-state index in [0.717, 1.165) is 6.42 Å². The highest BCUT2D eigenvalue weighted by Crippen LogP contribution is 2.24. The van der Waals surface area contributed by atoms with Crippen LogP contribution in [0.2, 0.25) is 10.0 Å². The van der Waals surface area contributed by atoms with Crippen LogP contribution in [0, 0.1) is 0 Å². The van der Waals surface area contributed by atoms with Gasteiger partial charge in [0.25, 0.3) is 0 Å². The van der Waals surface area contributed by atoms with Crippen molar-refractivity contribution in [1.82, 2.24) is 10.2 Å². The molecule has 1 amide bonds. The van der Waals surface area contributed by atoms with Crippen LogP contribution in [0.4, 0.5) is 0 Å². The fourth-order valence-corrected chi connectivity index (χ4v) is 3.01. The van der Waals surface area contributed by atoms with Gasteiger partial charge in [-0.3, -0.25) is 4.79 Å². The second kappa shape index (κ2) is 9.07. The number of nitrogens with zero attached hydrogens (tertiary/aromatic N) is 1. The Balaban J connectivity index is 1.93. The van der Waals surface area contributed by atoms with E-state index in [1.807, 2.05) is 32.3 Å². The summed E-state index contributed by atoms with van der Waals surface area (Å²) in [5, 5.41) is 4.03. The van der Waals surface area contributed by atoms with Crippen LogP contribution >= 0.6 is 23.2 Å². The molecule has 0 saturated carbocycles. The molecule has 2 aromatic rings. The largest absolute Gasteiger partial charge is 0.354 e. The Kier molecular flexibility index (Phi) is 7.10. The van der Waals surface area contributed by atoms with Gasteiger partial charge in [0, 0.05) is 22.6 Å². The lowest BCUT2D eigenvalue weighted by Gasteiger charge is -2.25. The van der Waals surface area contributed by atoms with Crippen LogP contribution in [-0.2, 0) is 17.6 Å². The molecule has 24 heavy (non-hydrogen) atoms. The molecule has 0 aromatic heterocycles. The molecular formula is C19H22Cl2N2O. The minimum absolute atomic E-state index is 0.0788. The SMILES string of the molecule is CN(C)C(CNC(=O)Cc1c(Cl)cccc1Cl)Cc1ccccc1. The molecule has 0 fully saturated rings.